The van der Waals surface area contributed by atoms with Gasteiger partial charge in [0, 0.05) is 57.4 Å². The second-order valence-electron chi connectivity index (χ2n) is 11.5. The van der Waals surface area contributed by atoms with E-state index in [9.17, 15) is 14.0 Å². The molecular weight excluding hydrogens is 585 g/mol. The number of nitrogens with one attached hydrogen (secondary N) is 1. The summed E-state index contributed by atoms with van der Waals surface area (Å²) in [7, 11) is 0. The second kappa shape index (κ2) is 13.9. The van der Waals surface area contributed by atoms with Crippen LogP contribution in [0.3, 0.4) is 0 Å². The molecule has 4 aromatic carbocycles. The topological polar surface area (TPSA) is 100 Å². The quantitative estimate of drug-likeness (QED) is 0.241. The Labute approximate surface area is 268 Å². The maximum atomic E-state index is 13.6. The van der Waals surface area contributed by atoms with Crippen LogP contribution in [0.25, 0.3) is 11.1 Å². The highest BCUT2D eigenvalue weighted by Gasteiger charge is 2.22. The van der Waals surface area contributed by atoms with Crippen LogP contribution >= 0.6 is 0 Å². The molecule has 0 spiro atoms. The van der Waals surface area contributed by atoms with Gasteiger partial charge in [-0.1, -0.05) is 24.3 Å². The fraction of sp³-hybridized carbons (Fsp3) is 0.278. The number of carbonyl (C=O) groups excluding carboxylic acids is 2. The van der Waals surface area contributed by atoms with Crippen LogP contribution in [0.1, 0.15) is 29.3 Å². The van der Waals surface area contributed by atoms with Crippen LogP contribution in [0.5, 0.6) is 11.5 Å². The van der Waals surface area contributed by atoms with Gasteiger partial charge >= 0.3 is 0 Å². The third kappa shape index (κ3) is 7.07. The third-order valence-corrected chi connectivity index (χ3v) is 8.29. The molecule has 9 nitrogen and oxygen atoms in total. The number of hydrogen-bond acceptors (Lipinski definition) is 7. The van der Waals surface area contributed by atoms with Crippen LogP contribution in [0.4, 0.5) is 21.5 Å². The zero-order chi connectivity index (χ0) is 32.0. The van der Waals surface area contributed by atoms with Crippen molar-refractivity contribution < 1.29 is 23.5 Å². The molecule has 0 radical (unpaired) electrons. The van der Waals surface area contributed by atoms with Crippen molar-refractivity contribution in [1.29, 1.82) is 0 Å². The first-order chi connectivity index (χ1) is 22.4. The Morgan fingerprint density at radius 2 is 1.61 bits per heavy atom. The highest BCUT2D eigenvalue weighted by atomic mass is 19.1. The number of ether oxygens (including phenoxy) is 2. The Hall–Kier alpha value is -5.09. The maximum Gasteiger partial charge on any atom is 0.254 e. The van der Waals surface area contributed by atoms with Crippen molar-refractivity contribution in [3.8, 4) is 22.6 Å². The average molecular weight is 624 g/mol. The van der Waals surface area contributed by atoms with E-state index >= 15 is 0 Å². The molecule has 2 aliphatic heterocycles. The van der Waals surface area contributed by atoms with Gasteiger partial charge in [-0.3, -0.25) is 9.59 Å². The number of halogens is 1. The number of rotatable bonds is 10. The molecule has 238 valence electrons. The minimum atomic E-state index is -0.244. The first kappa shape index (κ1) is 30.9. The zero-order valence-corrected chi connectivity index (χ0v) is 25.9. The summed E-state index contributed by atoms with van der Waals surface area (Å²) in [5.41, 5.74) is 12.0. The molecule has 2 amide bonds. The number of piperazine rings is 1. The highest BCUT2D eigenvalue weighted by Crippen LogP contribution is 2.35. The molecule has 0 saturated carbocycles. The van der Waals surface area contributed by atoms with Crippen LogP contribution in [0.2, 0.25) is 0 Å². The molecule has 0 bridgehead atoms. The van der Waals surface area contributed by atoms with Crippen LogP contribution in [0, 0.1) is 5.82 Å². The monoisotopic (exact) mass is 623 g/mol. The minimum absolute atomic E-state index is 0.103. The van der Waals surface area contributed by atoms with Crippen LogP contribution < -0.4 is 30.3 Å². The Bertz CT molecular complexity index is 1710. The van der Waals surface area contributed by atoms with E-state index in [0.29, 0.717) is 43.1 Å². The van der Waals surface area contributed by atoms with Crippen LogP contribution in [0.15, 0.2) is 84.9 Å². The molecule has 0 aliphatic carbocycles. The van der Waals surface area contributed by atoms with E-state index in [2.05, 4.69) is 33.3 Å². The smallest absolute Gasteiger partial charge is 0.254 e. The molecule has 1 fully saturated rings. The lowest BCUT2D eigenvalue weighted by atomic mass is 10.0. The summed E-state index contributed by atoms with van der Waals surface area (Å²) < 4.78 is 24.3. The van der Waals surface area contributed by atoms with Gasteiger partial charge in [0.15, 0.2) is 11.5 Å². The number of carbonyl (C=O) groups is 2. The van der Waals surface area contributed by atoms with Crippen molar-refractivity contribution in [3.63, 3.8) is 0 Å². The summed E-state index contributed by atoms with van der Waals surface area (Å²) in [5, 5.41) is 3.03. The third-order valence-electron chi connectivity index (χ3n) is 8.29. The lowest BCUT2D eigenvalue weighted by molar-refractivity contribution is -0.114. The van der Waals surface area contributed by atoms with Gasteiger partial charge in [0.1, 0.15) is 5.82 Å². The predicted molar refractivity (Wildman–Crippen MR) is 178 cm³/mol. The SMILES string of the molecule is CC(=O)Nc1cc(-c2cccc(CN(CCCN)C(=O)c3ccc4c(c3)OCO4)c2)ccc1N1CCN(c2ccc(F)cc2)CC1. The van der Waals surface area contributed by atoms with Gasteiger partial charge in [-0.05, 0) is 90.3 Å². The van der Waals surface area contributed by atoms with E-state index in [-0.39, 0.29) is 24.4 Å². The van der Waals surface area contributed by atoms with Gasteiger partial charge in [-0.15, -0.1) is 0 Å². The van der Waals surface area contributed by atoms with Gasteiger partial charge < -0.3 is 35.2 Å². The molecule has 4 aromatic rings. The Morgan fingerprint density at radius 1 is 0.870 bits per heavy atom. The van der Waals surface area contributed by atoms with Crippen molar-refractivity contribution in [2.75, 3.05) is 61.2 Å². The fourth-order valence-corrected chi connectivity index (χ4v) is 5.95. The van der Waals surface area contributed by atoms with Gasteiger partial charge in [0.05, 0.1) is 11.4 Å². The molecular formula is C36H38FN5O4. The van der Waals surface area contributed by atoms with Crippen molar-refractivity contribution in [1.82, 2.24) is 4.90 Å². The molecule has 0 unspecified atom stereocenters. The van der Waals surface area contributed by atoms with Gasteiger partial charge in [-0.2, -0.15) is 0 Å². The maximum absolute atomic E-state index is 13.6. The summed E-state index contributed by atoms with van der Waals surface area (Å²) >= 11 is 0. The first-order valence-electron chi connectivity index (χ1n) is 15.5. The Kier molecular flexibility index (Phi) is 9.35. The first-order valence-corrected chi connectivity index (χ1v) is 15.5. The number of anilines is 3. The molecule has 2 aliphatic rings. The van der Waals surface area contributed by atoms with Gasteiger partial charge in [0.2, 0.25) is 12.7 Å². The van der Waals surface area contributed by atoms with E-state index in [1.54, 1.807) is 35.2 Å². The molecule has 3 N–H and O–H groups in total. The molecule has 10 heteroatoms. The molecule has 0 atom stereocenters. The van der Waals surface area contributed by atoms with Crippen molar-refractivity contribution in [2.24, 2.45) is 5.73 Å². The van der Waals surface area contributed by atoms with Crippen molar-refractivity contribution in [3.05, 3.63) is 102 Å². The number of hydrogen-bond donors (Lipinski definition) is 2. The van der Waals surface area contributed by atoms with E-state index in [4.69, 9.17) is 15.2 Å². The normalized spacial score (nSPS) is 13.9. The molecule has 46 heavy (non-hydrogen) atoms. The molecule has 0 aromatic heterocycles. The second-order valence-corrected chi connectivity index (χ2v) is 11.5. The van der Waals surface area contributed by atoms with E-state index in [1.807, 2.05) is 24.3 Å². The lowest BCUT2D eigenvalue weighted by Crippen LogP contribution is -2.46. The summed E-state index contributed by atoms with van der Waals surface area (Å²) in [6, 6.07) is 26.1. The number of nitrogens with zero attached hydrogens (tertiary/aromatic N) is 3. The number of benzene rings is 4. The van der Waals surface area contributed by atoms with Gasteiger partial charge in [-0.25, -0.2) is 4.39 Å². The predicted octanol–water partition coefficient (Wildman–Crippen LogP) is 5.50. The molecule has 6 rings (SSSR count). The van der Waals surface area contributed by atoms with Crippen LogP contribution in [-0.4, -0.2) is 62.8 Å². The highest BCUT2D eigenvalue weighted by molar-refractivity contribution is 5.95. The van der Waals surface area contributed by atoms with E-state index in [0.717, 1.165) is 59.9 Å². The number of nitrogens with two attached hydrogens (primary N) is 1. The summed E-state index contributed by atoms with van der Waals surface area (Å²) in [6.07, 6.45) is 0.676. The van der Waals surface area contributed by atoms with E-state index in [1.165, 1.54) is 19.1 Å². The Balaban J connectivity index is 1.20. The standard InChI is InChI=1S/C36H38FN5O4/c1-25(43)39-32-21-28(6-12-33(32)41-18-16-40(17-19-41)31-10-8-30(37)9-11-31)27-5-2-4-26(20-27)23-42(15-3-14-38)36(44)29-7-13-34-35(22-29)46-24-45-34/h2,4-13,20-22H,3,14-19,23-24,38H2,1H3,(H,39,43). The summed E-state index contributed by atoms with van der Waals surface area (Å²) in [5.74, 6) is 0.713. The zero-order valence-electron chi connectivity index (χ0n) is 25.9. The fourth-order valence-electron chi connectivity index (χ4n) is 5.95. The van der Waals surface area contributed by atoms with Gasteiger partial charge in [0.25, 0.3) is 5.91 Å². The average Bonchev–Trinajstić information content (AvgIpc) is 3.55. The number of fused-ring (bicyclic) bond motifs is 1. The summed E-state index contributed by atoms with van der Waals surface area (Å²) in [4.78, 5) is 32.1. The lowest BCUT2D eigenvalue weighted by Gasteiger charge is -2.38. The molecule has 2 heterocycles. The Morgan fingerprint density at radius 3 is 2.37 bits per heavy atom. The van der Waals surface area contributed by atoms with Crippen LogP contribution in [-0.2, 0) is 11.3 Å². The molecule has 1 saturated heterocycles. The number of amides is 2. The minimum Gasteiger partial charge on any atom is -0.454 e. The van der Waals surface area contributed by atoms with Crippen molar-refractivity contribution >= 4 is 28.9 Å². The van der Waals surface area contributed by atoms with E-state index < -0.39 is 0 Å². The largest absolute Gasteiger partial charge is 0.454 e. The summed E-state index contributed by atoms with van der Waals surface area (Å²) in [6.45, 7) is 6.14. The van der Waals surface area contributed by atoms with Crippen molar-refractivity contribution in [2.45, 2.75) is 19.9 Å².